The molecule has 2 aliphatic rings. The number of piperidine rings is 1. The van der Waals surface area contributed by atoms with E-state index in [4.69, 9.17) is 0 Å². The Balaban J connectivity index is 1.59. The summed E-state index contributed by atoms with van der Waals surface area (Å²) in [7, 11) is 0. The number of benzene rings is 1. The van der Waals surface area contributed by atoms with E-state index in [0.29, 0.717) is 12.0 Å². The SMILES string of the molecule is FC(F)(F)CCN1CCC(c2ccccc2C2CCCN2)CC1. The van der Waals surface area contributed by atoms with Crippen LogP contribution in [0.1, 0.15) is 55.2 Å². The van der Waals surface area contributed by atoms with Crippen molar-refractivity contribution in [3.8, 4) is 0 Å². The summed E-state index contributed by atoms with van der Waals surface area (Å²) in [6.45, 7) is 2.76. The molecule has 1 aromatic rings. The van der Waals surface area contributed by atoms with Crippen molar-refractivity contribution in [1.29, 1.82) is 0 Å². The standard InChI is InChI=1S/C18H25F3N2/c19-18(20,21)9-13-23-11-7-14(8-12-23)15-4-1-2-5-16(15)17-6-3-10-22-17/h1-2,4-5,14,17,22H,3,6-13H2. The van der Waals surface area contributed by atoms with Crippen LogP contribution < -0.4 is 5.32 Å². The van der Waals surface area contributed by atoms with E-state index < -0.39 is 12.6 Å². The first-order valence-electron chi connectivity index (χ1n) is 8.64. The average Bonchev–Trinajstić information content (AvgIpc) is 3.07. The summed E-state index contributed by atoms with van der Waals surface area (Å²) in [6, 6.07) is 9.07. The van der Waals surface area contributed by atoms with Crippen molar-refractivity contribution in [1.82, 2.24) is 10.2 Å². The van der Waals surface area contributed by atoms with Crippen LogP contribution in [0, 0.1) is 0 Å². The van der Waals surface area contributed by atoms with Crippen LogP contribution in [0.2, 0.25) is 0 Å². The predicted octanol–water partition coefficient (Wildman–Crippen LogP) is 4.24. The molecule has 5 heteroatoms. The highest BCUT2D eigenvalue weighted by Crippen LogP contribution is 2.35. The third kappa shape index (κ3) is 4.48. The molecule has 0 spiro atoms. The first-order valence-corrected chi connectivity index (χ1v) is 8.64. The number of nitrogens with zero attached hydrogens (tertiary/aromatic N) is 1. The molecule has 2 heterocycles. The summed E-state index contributed by atoms with van der Waals surface area (Å²) in [4.78, 5) is 1.96. The highest BCUT2D eigenvalue weighted by atomic mass is 19.4. The minimum Gasteiger partial charge on any atom is -0.310 e. The van der Waals surface area contributed by atoms with Crippen LogP contribution in [0.5, 0.6) is 0 Å². The van der Waals surface area contributed by atoms with Crippen LogP contribution in [-0.4, -0.2) is 37.3 Å². The van der Waals surface area contributed by atoms with Crippen LogP contribution in [0.15, 0.2) is 24.3 Å². The van der Waals surface area contributed by atoms with E-state index in [1.807, 2.05) is 4.90 Å². The van der Waals surface area contributed by atoms with Crippen molar-refractivity contribution < 1.29 is 13.2 Å². The van der Waals surface area contributed by atoms with Crippen molar-refractivity contribution in [2.75, 3.05) is 26.2 Å². The molecule has 0 aliphatic carbocycles. The normalized spacial score (nSPS) is 24.2. The second-order valence-electron chi connectivity index (χ2n) is 6.76. The van der Waals surface area contributed by atoms with E-state index in [1.54, 1.807) is 0 Å². The molecule has 3 rings (SSSR count). The lowest BCUT2D eigenvalue weighted by atomic mass is 9.84. The van der Waals surface area contributed by atoms with Gasteiger partial charge in [-0.15, -0.1) is 0 Å². The van der Waals surface area contributed by atoms with Crippen molar-refractivity contribution in [3.05, 3.63) is 35.4 Å². The maximum atomic E-state index is 12.3. The molecule has 23 heavy (non-hydrogen) atoms. The van der Waals surface area contributed by atoms with Crippen LogP contribution in [0.4, 0.5) is 13.2 Å². The number of hydrogen-bond acceptors (Lipinski definition) is 2. The third-order valence-corrected chi connectivity index (χ3v) is 5.17. The molecule has 1 aromatic carbocycles. The average molecular weight is 326 g/mol. The van der Waals surface area contributed by atoms with Gasteiger partial charge in [0.05, 0.1) is 6.42 Å². The molecule has 0 bridgehead atoms. The second-order valence-corrected chi connectivity index (χ2v) is 6.76. The topological polar surface area (TPSA) is 15.3 Å². The highest BCUT2D eigenvalue weighted by molar-refractivity contribution is 5.34. The largest absolute Gasteiger partial charge is 0.390 e. The summed E-state index contributed by atoms with van der Waals surface area (Å²) in [6.07, 6.45) is -0.419. The summed E-state index contributed by atoms with van der Waals surface area (Å²) >= 11 is 0. The molecule has 2 saturated heterocycles. The number of likely N-dealkylation sites (tertiary alicyclic amines) is 1. The second kappa shape index (κ2) is 7.22. The number of alkyl halides is 3. The van der Waals surface area contributed by atoms with Crippen molar-refractivity contribution in [2.45, 2.75) is 50.2 Å². The first kappa shape index (κ1) is 16.8. The summed E-state index contributed by atoms with van der Waals surface area (Å²) in [5, 5.41) is 3.56. The molecule has 0 saturated carbocycles. The Morgan fingerprint density at radius 1 is 1.04 bits per heavy atom. The van der Waals surface area contributed by atoms with Gasteiger partial charge in [0.25, 0.3) is 0 Å². The molecular formula is C18H25F3N2. The van der Waals surface area contributed by atoms with Gasteiger partial charge < -0.3 is 10.2 Å². The van der Waals surface area contributed by atoms with Gasteiger partial charge in [0.1, 0.15) is 0 Å². The number of nitrogens with one attached hydrogen (secondary N) is 1. The van der Waals surface area contributed by atoms with Gasteiger partial charge >= 0.3 is 6.18 Å². The Bertz CT molecular complexity index is 501. The van der Waals surface area contributed by atoms with Crippen LogP contribution in [0.3, 0.4) is 0 Å². The first-order chi connectivity index (χ1) is 11.0. The molecule has 128 valence electrons. The Kier molecular flexibility index (Phi) is 5.27. The van der Waals surface area contributed by atoms with E-state index in [2.05, 4.69) is 29.6 Å². The molecular weight excluding hydrogens is 301 g/mol. The molecule has 2 nitrogen and oxygen atoms in total. The minimum absolute atomic E-state index is 0.141. The summed E-state index contributed by atoms with van der Waals surface area (Å²) in [5.41, 5.74) is 2.81. The Labute approximate surface area is 136 Å². The van der Waals surface area contributed by atoms with Gasteiger partial charge in [-0.3, -0.25) is 0 Å². The van der Waals surface area contributed by atoms with E-state index in [9.17, 15) is 13.2 Å². The molecule has 0 aromatic heterocycles. The lowest BCUT2D eigenvalue weighted by molar-refractivity contribution is -0.138. The van der Waals surface area contributed by atoms with Gasteiger partial charge in [0.2, 0.25) is 0 Å². The number of hydrogen-bond donors (Lipinski definition) is 1. The van der Waals surface area contributed by atoms with Gasteiger partial charge in [0, 0.05) is 12.6 Å². The summed E-state index contributed by atoms with van der Waals surface area (Å²) < 4.78 is 37.0. The van der Waals surface area contributed by atoms with Crippen LogP contribution >= 0.6 is 0 Å². The van der Waals surface area contributed by atoms with Crippen LogP contribution in [-0.2, 0) is 0 Å². The van der Waals surface area contributed by atoms with Gasteiger partial charge in [0.15, 0.2) is 0 Å². The van der Waals surface area contributed by atoms with Crippen molar-refractivity contribution in [3.63, 3.8) is 0 Å². The lowest BCUT2D eigenvalue weighted by Crippen LogP contribution is -2.35. The van der Waals surface area contributed by atoms with Gasteiger partial charge in [-0.05, 0) is 62.4 Å². The molecule has 1 unspecified atom stereocenters. The van der Waals surface area contributed by atoms with Gasteiger partial charge in [-0.1, -0.05) is 24.3 Å². The molecule has 1 atom stereocenters. The summed E-state index contributed by atoms with van der Waals surface area (Å²) in [5.74, 6) is 0.482. The quantitative estimate of drug-likeness (QED) is 0.890. The van der Waals surface area contributed by atoms with E-state index >= 15 is 0 Å². The Hall–Kier alpha value is -1.07. The zero-order chi connectivity index (χ0) is 16.3. The van der Waals surface area contributed by atoms with Crippen molar-refractivity contribution >= 4 is 0 Å². The fourth-order valence-corrected chi connectivity index (χ4v) is 3.90. The van der Waals surface area contributed by atoms with E-state index in [-0.39, 0.29) is 6.54 Å². The third-order valence-electron chi connectivity index (χ3n) is 5.17. The minimum atomic E-state index is -4.04. The Morgan fingerprint density at radius 2 is 1.74 bits per heavy atom. The zero-order valence-electron chi connectivity index (χ0n) is 13.4. The molecule has 1 N–H and O–H groups in total. The fraction of sp³-hybridized carbons (Fsp3) is 0.667. The number of halogens is 3. The maximum Gasteiger partial charge on any atom is 0.390 e. The zero-order valence-corrected chi connectivity index (χ0v) is 13.4. The maximum absolute atomic E-state index is 12.3. The predicted molar refractivity (Wildman–Crippen MR) is 85.5 cm³/mol. The fourth-order valence-electron chi connectivity index (χ4n) is 3.90. The molecule has 0 radical (unpaired) electrons. The lowest BCUT2D eigenvalue weighted by Gasteiger charge is -2.33. The smallest absolute Gasteiger partial charge is 0.310 e. The van der Waals surface area contributed by atoms with Crippen LogP contribution in [0.25, 0.3) is 0 Å². The molecule has 2 fully saturated rings. The molecule has 2 aliphatic heterocycles. The van der Waals surface area contributed by atoms with E-state index in [0.717, 1.165) is 32.5 Å². The van der Waals surface area contributed by atoms with E-state index in [1.165, 1.54) is 24.0 Å². The van der Waals surface area contributed by atoms with Gasteiger partial charge in [-0.25, -0.2) is 0 Å². The monoisotopic (exact) mass is 326 g/mol. The Morgan fingerprint density at radius 3 is 2.35 bits per heavy atom. The van der Waals surface area contributed by atoms with Gasteiger partial charge in [-0.2, -0.15) is 13.2 Å². The van der Waals surface area contributed by atoms with Crippen molar-refractivity contribution in [2.24, 2.45) is 0 Å². The highest BCUT2D eigenvalue weighted by Gasteiger charge is 2.30. The number of rotatable bonds is 4. The molecule has 0 amide bonds.